The molecule has 0 saturated heterocycles. The normalized spacial score (nSPS) is 11.8. The van der Waals surface area contributed by atoms with Crippen LogP contribution in [0, 0.1) is 0 Å². The average Bonchev–Trinajstić information content (AvgIpc) is 3.72. The summed E-state index contributed by atoms with van der Waals surface area (Å²) in [7, 11) is 0. The Morgan fingerprint density at radius 2 is 0.979 bits per heavy atom. The van der Waals surface area contributed by atoms with E-state index in [1.165, 1.54) is 0 Å². The number of hydrogen-bond donors (Lipinski definition) is 0. The van der Waals surface area contributed by atoms with Gasteiger partial charge in [-0.3, -0.25) is 9.13 Å². The molecule has 224 valence electrons. The smallest absolute Gasteiger partial charge is 0.235 e. The molecule has 0 fully saturated rings. The zero-order valence-corrected chi connectivity index (χ0v) is 25.8. The van der Waals surface area contributed by atoms with Crippen LogP contribution in [0.25, 0.3) is 88.8 Å². The topological polar surface area (TPSA) is 48.5 Å². The maximum Gasteiger partial charge on any atom is 0.235 e. The maximum atomic E-state index is 5.37. The number of benzene rings is 7. The van der Waals surface area contributed by atoms with Crippen molar-refractivity contribution in [2.75, 3.05) is 0 Å². The SMILES string of the molecule is c1ccc(-c2nc(-n3c4ccccc4c4ccc5c(ccc6c5nc(-c5ccccc5)n6-c5ccccc5)c43)nc3ccccc23)cc1. The fourth-order valence-electron chi connectivity index (χ4n) is 7.21. The summed E-state index contributed by atoms with van der Waals surface area (Å²) in [5, 5.41) is 5.53. The van der Waals surface area contributed by atoms with Gasteiger partial charge in [-0.25, -0.2) is 15.0 Å². The molecule has 10 rings (SSSR count). The van der Waals surface area contributed by atoms with Crippen LogP contribution in [-0.4, -0.2) is 24.1 Å². The van der Waals surface area contributed by atoms with Gasteiger partial charge >= 0.3 is 0 Å². The molecule has 0 spiro atoms. The molecule has 5 heteroatoms. The van der Waals surface area contributed by atoms with Crippen molar-refractivity contribution in [1.82, 2.24) is 24.1 Å². The molecule has 7 aromatic carbocycles. The standard InChI is InChI=1S/C43H27N5/c1-4-14-28(15-5-1)39-35-21-10-12-22-36(35)44-43(46-39)48-37-23-13-11-20-31(37)33-25-24-32-34(41(33)48)26-27-38-40(32)45-42(29-16-6-2-7-17-29)47(38)30-18-8-3-9-19-30/h1-27H. The maximum absolute atomic E-state index is 5.37. The molecule has 48 heavy (non-hydrogen) atoms. The molecular weight excluding hydrogens is 587 g/mol. The predicted molar refractivity (Wildman–Crippen MR) is 197 cm³/mol. The second-order valence-electron chi connectivity index (χ2n) is 12.1. The summed E-state index contributed by atoms with van der Waals surface area (Å²) in [6, 6.07) is 57.0. The molecule has 3 aromatic heterocycles. The highest BCUT2D eigenvalue weighted by atomic mass is 15.2. The predicted octanol–water partition coefficient (Wildman–Crippen LogP) is 10.6. The van der Waals surface area contributed by atoms with E-state index in [-0.39, 0.29) is 0 Å². The molecule has 0 aliphatic heterocycles. The van der Waals surface area contributed by atoms with Crippen LogP contribution in [0.2, 0.25) is 0 Å². The van der Waals surface area contributed by atoms with E-state index < -0.39 is 0 Å². The van der Waals surface area contributed by atoms with Gasteiger partial charge in [0.25, 0.3) is 0 Å². The first kappa shape index (κ1) is 26.6. The van der Waals surface area contributed by atoms with Gasteiger partial charge < -0.3 is 0 Å². The van der Waals surface area contributed by atoms with Crippen LogP contribution in [0.5, 0.6) is 0 Å². The lowest BCUT2D eigenvalue weighted by molar-refractivity contribution is 1.02. The van der Waals surface area contributed by atoms with E-state index >= 15 is 0 Å². The Bertz CT molecular complexity index is 2820. The van der Waals surface area contributed by atoms with Gasteiger partial charge in [0.1, 0.15) is 5.82 Å². The van der Waals surface area contributed by atoms with Crippen LogP contribution >= 0.6 is 0 Å². The molecule has 0 N–H and O–H groups in total. The minimum absolute atomic E-state index is 0.645. The highest BCUT2D eigenvalue weighted by Crippen LogP contribution is 2.40. The van der Waals surface area contributed by atoms with Crippen molar-refractivity contribution >= 4 is 54.5 Å². The number of aromatic nitrogens is 5. The van der Waals surface area contributed by atoms with Gasteiger partial charge in [0.2, 0.25) is 5.95 Å². The zero-order chi connectivity index (χ0) is 31.6. The summed E-state index contributed by atoms with van der Waals surface area (Å²) in [4.78, 5) is 15.9. The Labute approximate surface area is 276 Å². The van der Waals surface area contributed by atoms with Gasteiger partial charge in [-0.1, -0.05) is 133 Å². The molecule has 10 aromatic rings. The van der Waals surface area contributed by atoms with E-state index in [9.17, 15) is 0 Å². The van der Waals surface area contributed by atoms with Gasteiger partial charge in [-0.2, -0.15) is 0 Å². The zero-order valence-electron chi connectivity index (χ0n) is 25.8. The summed E-state index contributed by atoms with van der Waals surface area (Å²) in [6.07, 6.45) is 0. The lowest BCUT2D eigenvalue weighted by Gasteiger charge is -2.13. The molecule has 0 aliphatic carbocycles. The van der Waals surface area contributed by atoms with Crippen LogP contribution < -0.4 is 0 Å². The molecule has 5 nitrogen and oxygen atoms in total. The number of nitrogens with zero attached hydrogens (tertiary/aromatic N) is 5. The molecule has 3 heterocycles. The highest BCUT2D eigenvalue weighted by molar-refractivity contribution is 6.22. The van der Waals surface area contributed by atoms with E-state index in [4.69, 9.17) is 15.0 Å². The van der Waals surface area contributed by atoms with Crippen LogP contribution in [0.3, 0.4) is 0 Å². The summed E-state index contributed by atoms with van der Waals surface area (Å²) in [6.45, 7) is 0. The number of fused-ring (bicyclic) bond motifs is 8. The van der Waals surface area contributed by atoms with E-state index in [2.05, 4.69) is 149 Å². The number of rotatable bonds is 4. The number of imidazole rings is 1. The van der Waals surface area contributed by atoms with Crippen molar-refractivity contribution < 1.29 is 0 Å². The number of para-hydroxylation sites is 3. The highest BCUT2D eigenvalue weighted by Gasteiger charge is 2.22. The van der Waals surface area contributed by atoms with Crippen molar-refractivity contribution in [1.29, 1.82) is 0 Å². The van der Waals surface area contributed by atoms with Gasteiger partial charge in [0.15, 0.2) is 0 Å². The first-order valence-corrected chi connectivity index (χ1v) is 16.1. The minimum Gasteiger partial charge on any atom is -0.292 e. The van der Waals surface area contributed by atoms with Gasteiger partial charge in [0.05, 0.1) is 33.3 Å². The second-order valence-corrected chi connectivity index (χ2v) is 12.1. The molecular formula is C43H27N5. The van der Waals surface area contributed by atoms with Crippen LogP contribution in [0.15, 0.2) is 164 Å². The monoisotopic (exact) mass is 613 g/mol. The summed E-state index contributed by atoms with van der Waals surface area (Å²) in [5.74, 6) is 1.56. The molecule has 0 radical (unpaired) electrons. The second kappa shape index (κ2) is 10.5. The third-order valence-electron chi connectivity index (χ3n) is 9.34. The van der Waals surface area contributed by atoms with Crippen molar-refractivity contribution in [3.63, 3.8) is 0 Å². The molecule has 0 bridgehead atoms. The van der Waals surface area contributed by atoms with E-state index in [0.717, 1.165) is 82.8 Å². The lowest BCUT2D eigenvalue weighted by atomic mass is 10.0. The largest absolute Gasteiger partial charge is 0.292 e. The van der Waals surface area contributed by atoms with E-state index in [1.807, 2.05) is 24.3 Å². The molecule has 0 atom stereocenters. The Hall–Kier alpha value is -6.59. The van der Waals surface area contributed by atoms with Crippen LogP contribution in [-0.2, 0) is 0 Å². The minimum atomic E-state index is 0.645. The van der Waals surface area contributed by atoms with E-state index in [1.54, 1.807) is 0 Å². The quantitative estimate of drug-likeness (QED) is 0.198. The first-order valence-electron chi connectivity index (χ1n) is 16.1. The third kappa shape index (κ3) is 3.94. The Morgan fingerprint density at radius 3 is 1.77 bits per heavy atom. The summed E-state index contributed by atoms with van der Waals surface area (Å²) < 4.78 is 4.51. The van der Waals surface area contributed by atoms with Gasteiger partial charge in [-0.05, 0) is 30.3 Å². The number of hydrogen-bond acceptors (Lipinski definition) is 3. The van der Waals surface area contributed by atoms with Gasteiger partial charge in [0, 0.05) is 43.7 Å². The van der Waals surface area contributed by atoms with Crippen LogP contribution in [0.4, 0.5) is 0 Å². The molecule has 0 amide bonds. The van der Waals surface area contributed by atoms with E-state index in [0.29, 0.717) is 5.95 Å². The Morgan fingerprint density at radius 1 is 0.375 bits per heavy atom. The summed E-state index contributed by atoms with van der Waals surface area (Å²) >= 11 is 0. The van der Waals surface area contributed by atoms with Crippen molar-refractivity contribution in [3.8, 4) is 34.3 Å². The molecule has 0 aliphatic rings. The van der Waals surface area contributed by atoms with Gasteiger partial charge in [-0.15, -0.1) is 0 Å². The van der Waals surface area contributed by atoms with Crippen molar-refractivity contribution in [2.24, 2.45) is 0 Å². The molecule has 0 unspecified atom stereocenters. The fourth-order valence-corrected chi connectivity index (χ4v) is 7.21. The van der Waals surface area contributed by atoms with Crippen molar-refractivity contribution in [3.05, 3.63) is 164 Å². The third-order valence-corrected chi connectivity index (χ3v) is 9.34. The summed E-state index contributed by atoms with van der Waals surface area (Å²) in [5.41, 5.74) is 9.17. The van der Waals surface area contributed by atoms with Crippen LogP contribution in [0.1, 0.15) is 0 Å². The lowest BCUT2D eigenvalue weighted by Crippen LogP contribution is -2.03. The average molecular weight is 614 g/mol. The Kier molecular flexibility index (Phi) is 5.81. The first-order chi connectivity index (χ1) is 23.8. The molecule has 0 saturated carbocycles. The fraction of sp³-hybridized carbons (Fsp3) is 0. The Balaban J connectivity index is 1.33. The van der Waals surface area contributed by atoms with Crippen molar-refractivity contribution in [2.45, 2.75) is 0 Å².